The lowest BCUT2D eigenvalue weighted by Gasteiger charge is -2.14. The number of amides is 1. The van der Waals surface area contributed by atoms with E-state index in [1.807, 2.05) is 19.1 Å². The lowest BCUT2D eigenvalue weighted by Crippen LogP contribution is -2.25. The molecule has 1 N–H and O–H groups in total. The summed E-state index contributed by atoms with van der Waals surface area (Å²) in [6, 6.07) is 3.77. The molecule has 80 valence electrons. The van der Waals surface area contributed by atoms with Gasteiger partial charge in [-0.15, -0.1) is 0 Å². The Labute approximate surface area is 88.6 Å². The van der Waals surface area contributed by atoms with Crippen LogP contribution in [0.25, 0.3) is 0 Å². The summed E-state index contributed by atoms with van der Waals surface area (Å²) in [6.45, 7) is 2.60. The Balaban J connectivity index is 2.18. The molecule has 0 aliphatic carbocycles. The summed E-state index contributed by atoms with van der Waals surface area (Å²) in [5.74, 6) is 0.785. The zero-order valence-corrected chi connectivity index (χ0v) is 8.68. The van der Waals surface area contributed by atoms with Gasteiger partial charge >= 0.3 is 0 Å². The molecule has 4 heteroatoms. The highest BCUT2D eigenvalue weighted by Crippen LogP contribution is 2.22. The second kappa shape index (κ2) is 3.98. The molecule has 1 amide bonds. The van der Waals surface area contributed by atoms with Gasteiger partial charge in [0.1, 0.15) is 5.82 Å². The number of pyridine rings is 1. The normalized spacial score (nSPS) is 21.1. The predicted molar refractivity (Wildman–Crippen MR) is 56.5 cm³/mol. The lowest BCUT2D eigenvalue weighted by atomic mass is 10.1. The number of aromatic nitrogens is 1. The van der Waals surface area contributed by atoms with Crippen LogP contribution in [0.3, 0.4) is 0 Å². The summed E-state index contributed by atoms with van der Waals surface area (Å²) in [4.78, 5) is 17.4. The average molecular weight is 206 g/mol. The summed E-state index contributed by atoms with van der Waals surface area (Å²) >= 11 is 0. The van der Waals surface area contributed by atoms with E-state index in [0.29, 0.717) is 18.8 Å². The van der Waals surface area contributed by atoms with Crippen LogP contribution in [0.4, 0.5) is 5.82 Å². The van der Waals surface area contributed by atoms with Crippen molar-refractivity contribution in [2.24, 2.45) is 5.92 Å². The van der Waals surface area contributed by atoms with Gasteiger partial charge in [0.2, 0.25) is 5.91 Å². The molecule has 1 saturated heterocycles. The van der Waals surface area contributed by atoms with Crippen LogP contribution >= 0.6 is 0 Å². The first-order valence-electron chi connectivity index (χ1n) is 5.04. The minimum Gasteiger partial charge on any atom is -0.396 e. The maximum atomic E-state index is 11.6. The molecule has 2 heterocycles. The first kappa shape index (κ1) is 10.1. The molecule has 15 heavy (non-hydrogen) atoms. The number of rotatable bonds is 2. The molecule has 2 rings (SSSR count). The summed E-state index contributed by atoms with van der Waals surface area (Å²) < 4.78 is 0. The zero-order valence-electron chi connectivity index (χ0n) is 8.68. The van der Waals surface area contributed by atoms with Crippen LogP contribution in [-0.4, -0.2) is 29.1 Å². The smallest absolute Gasteiger partial charge is 0.228 e. The molecule has 1 aliphatic heterocycles. The quantitative estimate of drug-likeness (QED) is 0.776. The van der Waals surface area contributed by atoms with Crippen LogP contribution in [0.2, 0.25) is 0 Å². The molecule has 0 saturated carbocycles. The third kappa shape index (κ3) is 1.99. The van der Waals surface area contributed by atoms with Gasteiger partial charge in [-0.3, -0.25) is 9.69 Å². The first-order valence-corrected chi connectivity index (χ1v) is 5.04. The van der Waals surface area contributed by atoms with Crippen LogP contribution in [0.1, 0.15) is 12.0 Å². The fourth-order valence-corrected chi connectivity index (χ4v) is 1.74. The van der Waals surface area contributed by atoms with Gasteiger partial charge in [-0.2, -0.15) is 0 Å². The van der Waals surface area contributed by atoms with Crippen molar-refractivity contribution in [2.75, 3.05) is 18.1 Å². The summed E-state index contributed by atoms with van der Waals surface area (Å²) in [5, 5.41) is 8.99. The van der Waals surface area contributed by atoms with Crippen LogP contribution < -0.4 is 4.90 Å². The largest absolute Gasteiger partial charge is 0.396 e. The number of carbonyl (C=O) groups excluding carboxylic acids is 1. The monoisotopic (exact) mass is 206 g/mol. The molecule has 0 aromatic carbocycles. The first-order chi connectivity index (χ1) is 7.20. The molecule has 1 fully saturated rings. The number of aliphatic hydroxyl groups is 1. The van der Waals surface area contributed by atoms with E-state index in [1.165, 1.54) is 0 Å². The van der Waals surface area contributed by atoms with Gasteiger partial charge in [-0.25, -0.2) is 4.98 Å². The number of anilines is 1. The second-order valence-electron chi connectivity index (χ2n) is 3.95. The molecule has 1 unspecified atom stereocenters. The Hall–Kier alpha value is -1.42. The molecule has 1 aromatic rings. The van der Waals surface area contributed by atoms with Crippen molar-refractivity contribution in [2.45, 2.75) is 13.3 Å². The van der Waals surface area contributed by atoms with Crippen molar-refractivity contribution in [1.29, 1.82) is 0 Å². The lowest BCUT2D eigenvalue weighted by molar-refractivity contribution is -0.117. The zero-order chi connectivity index (χ0) is 10.8. The molecule has 0 spiro atoms. The van der Waals surface area contributed by atoms with Gasteiger partial charge in [0, 0.05) is 31.7 Å². The van der Waals surface area contributed by atoms with E-state index < -0.39 is 0 Å². The van der Waals surface area contributed by atoms with Crippen molar-refractivity contribution in [3.8, 4) is 0 Å². The fourth-order valence-electron chi connectivity index (χ4n) is 1.74. The highest BCUT2D eigenvalue weighted by Gasteiger charge is 2.30. The van der Waals surface area contributed by atoms with Crippen molar-refractivity contribution in [3.05, 3.63) is 23.9 Å². The maximum Gasteiger partial charge on any atom is 0.228 e. The Morgan fingerprint density at radius 3 is 2.93 bits per heavy atom. The summed E-state index contributed by atoms with van der Waals surface area (Å²) in [5.41, 5.74) is 1.07. The van der Waals surface area contributed by atoms with E-state index in [2.05, 4.69) is 4.98 Å². The van der Waals surface area contributed by atoms with Gasteiger partial charge in [-0.1, -0.05) is 6.07 Å². The predicted octanol–water partition coefficient (Wildman–Crippen LogP) is 0.735. The molecule has 0 bridgehead atoms. The highest BCUT2D eigenvalue weighted by atomic mass is 16.3. The van der Waals surface area contributed by atoms with Gasteiger partial charge in [-0.05, 0) is 18.6 Å². The number of aryl methyl sites for hydroxylation is 1. The molecule has 4 nitrogen and oxygen atoms in total. The molecule has 0 radical (unpaired) electrons. The Morgan fingerprint density at radius 1 is 1.60 bits per heavy atom. The van der Waals surface area contributed by atoms with Gasteiger partial charge < -0.3 is 5.11 Å². The Kier molecular flexibility index (Phi) is 2.68. The highest BCUT2D eigenvalue weighted by molar-refractivity contribution is 5.94. The standard InChI is InChI=1S/C11H14N2O2/c1-8-2-3-10(12-5-8)13-6-9(7-14)4-11(13)15/h2-3,5,9,14H,4,6-7H2,1H3. The Bertz CT molecular complexity index is 361. The van der Waals surface area contributed by atoms with Gasteiger partial charge in [0.05, 0.1) is 0 Å². The van der Waals surface area contributed by atoms with E-state index in [-0.39, 0.29) is 18.4 Å². The maximum absolute atomic E-state index is 11.6. The van der Waals surface area contributed by atoms with Crippen LogP contribution in [0.15, 0.2) is 18.3 Å². The van der Waals surface area contributed by atoms with Crippen LogP contribution in [0, 0.1) is 12.8 Å². The summed E-state index contributed by atoms with van der Waals surface area (Å²) in [7, 11) is 0. The van der Waals surface area contributed by atoms with E-state index in [0.717, 1.165) is 5.56 Å². The van der Waals surface area contributed by atoms with E-state index in [1.54, 1.807) is 11.1 Å². The molecule has 1 aliphatic rings. The van der Waals surface area contributed by atoms with Gasteiger partial charge in [0.15, 0.2) is 0 Å². The number of hydrogen-bond acceptors (Lipinski definition) is 3. The van der Waals surface area contributed by atoms with E-state index >= 15 is 0 Å². The van der Waals surface area contributed by atoms with E-state index in [4.69, 9.17) is 5.11 Å². The minimum absolute atomic E-state index is 0.0467. The number of nitrogens with zero attached hydrogens (tertiary/aromatic N) is 2. The van der Waals surface area contributed by atoms with Crippen molar-refractivity contribution >= 4 is 11.7 Å². The van der Waals surface area contributed by atoms with Crippen molar-refractivity contribution < 1.29 is 9.90 Å². The molecule has 1 atom stereocenters. The number of hydrogen-bond donors (Lipinski definition) is 1. The van der Waals surface area contributed by atoms with E-state index in [9.17, 15) is 4.79 Å². The van der Waals surface area contributed by atoms with Crippen molar-refractivity contribution in [3.63, 3.8) is 0 Å². The topological polar surface area (TPSA) is 53.4 Å². The number of aliphatic hydroxyl groups excluding tert-OH is 1. The molecular weight excluding hydrogens is 192 g/mol. The average Bonchev–Trinajstić information content (AvgIpc) is 2.61. The van der Waals surface area contributed by atoms with Crippen LogP contribution in [-0.2, 0) is 4.79 Å². The fraction of sp³-hybridized carbons (Fsp3) is 0.455. The Morgan fingerprint density at radius 2 is 2.40 bits per heavy atom. The third-order valence-corrected chi connectivity index (χ3v) is 2.64. The van der Waals surface area contributed by atoms with Crippen molar-refractivity contribution in [1.82, 2.24) is 4.98 Å². The summed E-state index contributed by atoms with van der Waals surface area (Å²) in [6.07, 6.45) is 2.17. The molecular formula is C11H14N2O2. The SMILES string of the molecule is Cc1ccc(N2CC(CO)CC2=O)nc1. The minimum atomic E-state index is 0.0467. The second-order valence-corrected chi connectivity index (χ2v) is 3.95. The number of carbonyl (C=O) groups is 1. The third-order valence-electron chi connectivity index (χ3n) is 2.64. The van der Waals surface area contributed by atoms with Crippen LogP contribution in [0.5, 0.6) is 0 Å². The molecule has 1 aromatic heterocycles. The van der Waals surface area contributed by atoms with Gasteiger partial charge in [0.25, 0.3) is 0 Å².